The number of benzene rings is 2. The molecule has 0 aliphatic carbocycles. The van der Waals surface area contributed by atoms with Gasteiger partial charge in [-0.15, -0.1) is 0 Å². The molecule has 0 N–H and O–H groups in total. The fraction of sp³-hybridized carbons (Fsp3) is 0.333. The molecule has 1 saturated heterocycles. The van der Waals surface area contributed by atoms with Crippen LogP contribution in [0.25, 0.3) is 16.9 Å². The largest absolute Gasteiger partial charge is 0.293 e. The molecule has 0 radical (unpaired) electrons. The van der Waals surface area contributed by atoms with Gasteiger partial charge >= 0.3 is 0 Å². The second-order valence-electron chi connectivity index (χ2n) is 9.12. The van der Waals surface area contributed by atoms with Crippen molar-refractivity contribution >= 4 is 21.2 Å². The molecule has 4 aromatic rings. The van der Waals surface area contributed by atoms with E-state index in [1.54, 1.807) is 22.6 Å². The Morgan fingerprint density at radius 2 is 1.63 bits per heavy atom. The van der Waals surface area contributed by atoms with E-state index in [9.17, 15) is 8.42 Å². The van der Waals surface area contributed by atoms with Crippen LogP contribution in [0.15, 0.2) is 71.8 Å². The second-order valence-corrected chi connectivity index (χ2v) is 11.1. The van der Waals surface area contributed by atoms with E-state index in [1.165, 1.54) is 11.1 Å². The van der Waals surface area contributed by atoms with Gasteiger partial charge < -0.3 is 0 Å². The number of hydrogen-bond donors (Lipinski definition) is 0. The van der Waals surface area contributed by atoms with Crippen molar-refractivity contribution in [1.29, 1.82) is 0 Å². The van der Waals surface area contributed by atoms with Crippen LogP contribution < -0.4 is 0 Å². The first-order valence-electron chi connectivity index (χ1n) is 12.2. The van der Waals surface area contributed by atoms with Crippen LogP contribution in [0.5, 0.6) is 0 Å². The van der Waals surface area contributed by atoms with Crippen molar-refractivity contribution in [3.63, 3.8) is 0 Å². The summed E-state index contributed by atoms with van der Waals surface area (Å²) in [6, 6.07) is 19.6. The number of imidazole rings is 1. The van der Waals surface area contributed by atoms with E-state index in [0.29, 0.717) is 37.6 Å². The molecule has 0 unspecified atom stereocenters. The van der Waals surface area contributed by atoms with Gasteiger partial charge in [-0.3, -0.25) is 9.47 Å². The lowest BCUT2D eigenvalue weighted by Crippen LogP contribution is -2.48. The van der Waals surface area contributed by atoms with E-state index in [1.807, 2.05) is 24.3 Å². The minimum atomic E-state index is -3.49. The number of nitrogens with zero attached hydrogens (tertiary/aromatic N) is 5. The Hall–Kier alpha value is -3.07. The predicted octanol–water partition coefficient (Wildman–Crippen LogP) is 4.19. The van der Waals surface area contributed by atoms with Crippen molar-refractivity contribution in [2.24, 2.45) is 0 Å². The zero-order valence-corrected chi connectivity index (χ0v) is 21.1. The Balaban J connectivity index is 1.32. The molecule has 1 aliphatic heterocycles. The van der Waals surface area contributed by atoms with Crippen molar-refractivity contribution in [2.75, 3.05) is 26.2 Å². The molecule has 0 bridgehead atoms. The lowest BCUT2D eigenvalue weighted by atomic mass is 10.1. The third kappa shape index (κ3) is 4.87. The quantitative estimate of drug-likeness (QED) is 0.389. The summed E-state index contributed by atoms with van der Waals surface area (Å²) in [5.74, 6) is 0.908. The number of sulfonamides is 1. The molecule has 35 heavy (non-hydrogen) atoms. The van der Waals surface area contributed by atoms with Crippen LogP contribution >= 0.6 is 0 Å². The van der Waals surface area contributed by atoms with Crippen LogP contribution in [0.2, 0.25) is 0 Å². The number of aromatic nitrogens is 3. The van der Waals surface area contributed by atoms with Crippen LogP contribution in [-0.4, -0.2) is 58.3 Å². The summed E-state index contributed by atoms with van der Waals surface area (Å²) in [4.78, 5) is 12.1. The van der Waals surface area contributed by atoms with Gasteiger partial charge in [0.25, 0.3) is 0 Å². The predicted molar refractivity (Wildman–Crippen MR) is 138 cm³/mol. The molecule has 8 heteroatoms. The first kappa shape index (κ1) is 23.7. The minimum absolute atomic E-state index is 0.373. The average molecular weight is 490 g/mol. The topological polar surface area (TPSA) is 71.3 Å². The van der Waals surface area contributed by atoms with Crippen molar-refractivity contribution in [3.05, 3.63) is 83.8 Å². The number of hydrogen-bond acceptors (Lipinski definition) is 5. The molecule has 2 aromatic heterocycles. The third-order valence-electron chi connectivity index (χ3n) is 6.57. The van der Waals surface area contributed by atoms with Crippen LogP contribution in [0, 0.1) is 6.92 Å². The summed E-state index contributed by atoms with van der Waals surface area (Å²) in [5, 5.41) is 0. The first-order chi connectivity index (χ1) is 17.0. The molecular weight excluding hydrogens is 458 g/mol. The van der Waals surface area contributed by atoms with Crippen LogP contribution in [0.1, 0.15) is 30.3 Å². The highest BCUT2D eigenvalue weighted by Crippen LogP contribution is 2.23. The number of piperazine rings is 1. The maximum atomic E-state index is 13.2. The Labute approximate surface area is 207 Å². The average Bonchev–Trinajstić information content (AvgIpc) is 3.23. The second kappa shape index (κ2) is 9.89. The molecule has 0 spiro atoms. The molecule has 3 heterocycles. The fourth-order valence-electron chi connectivity index (χ4n) is 4.62. The van der Waals surface area contributed by atoms with Crippen molar-refractivity contribution in [2.45, 2.75) is 38.1 Å². The highest BCUT2D eigenvalue weighted by molar-refractivity contribution is 7.89. The maximum Gasteiger partial charge on any atom is 0.243 e. The summed E-state index contributed by atoms with van der Waals surface area (Å²) in [6.07, 6.45) is 3.79. The SMILES string of the molecule is CCCc1ccc(S(=O)(=O)N2CCN(Cc3nc4cccnc4n3-c3ccc(C)cc3)CC2)cc1. The van der Waals surface area contributed by atoms with Crippen molar-refractivity contribution in [1.82, 2.24) is 23.7 Å². The Kier molecular flexibility index (Phi) is 6.69. The van der Waals surface area contributed by atoms with Gasteiger partial charge in [-0.1, -0.05) is 43.2 Å². The minimum Gasteiger partial charge on any atom is -0.293 e. The van der Waals surface area contributed by atoms with E-state index >= 15 is 0 Å². The first-order valence-corrected chi connectivity index (χ1v) is 13.6. The summed E-state index contributed by atoms with van der Waals surface area (Å²) >= 11 is 0. The molecule has 182 valence electrons. The Bertz CT molecular complexity index is 1400. The van der Waals surface area contributed by atoms with Gasteiger partial charge in [0.2, 0.25) is 10.0 Å². The van der Waals surface area contributed by atoms with Crippen LogP contribution in [-0.2, 0) is 23.0 Å². The lowest BCUT2D eigenvalue weighted by Gasteiger charge is -2.33. The summed E-state index contributed by atoms with van der Waals surface area (Å²) in [6.45, 7) is 7.04. The normalized spacial score (nSPS) is 15.6. The summed E-state index contributed by atoms with van der Waals surface area (Å²) in [7, 11) is -3.49. The molecular formula is C27H31N5O2S. The fourth-order valence-corrected chi connectivity index (χ4v) is 6.05. The number of rotatable bonds is 7. The summed E-state index contributed by atoms with van der Waals surface area (Å²) in [5.41, 5.74) is 5.08. The van der Waals surface area contributed by atoms with E-state index in [2.05, 4.69) is 52.6 Å². The third-order valence-corrected chi connectivity index (χ3v) is 8.49. The standard InChI is InChI=1S/C27H31N5O2S/c1-3-5-22-9-13-24(14-10-22)35(33,34)31-18-16-30(17-19-31)20-26-29-25-6-4-15-28-27(25)32(26)23-11-7-21(2)8-12-23/h4,6-15H,3,5,16-20H2,1-2H3. The van der Waals surface area contributed by atoms with Gasteiger partial charge in [-0.05, 0) is 55.3 Å². The van der Waals surface area contributed by atoms with Gasteiger partial charge in [0.1, 0.15) is 11.3 Å². The molecule has 0 saturated carbocycles. The van der Waals surface area contributed by atoms with E-state index in [4.69, 9.17) is 4.98 Å². The number of fused-ring (bicyclic) bond motifs is 1. The van der Waals surface area contributed by atoms with Crippen molar-refractivity contribution in [3.8, 4) is 5.69 Å². The zero-order chi connectivity index (χ0) is 24.4. The monoisotopic (exact) mass is 489 g/mol. The van der Waals surface area contributed by atoms with Gasteiger partial charge in [0.05, 0.1) is 11.4 Å². The Morgan fingerprint density at radius 3 is 2.31 bits per heavy atom. The molecule has 1 aliphatic rings. The van der Waals surface area contributed by atoms with Gasteiger partial charge in [0, 0.05) is 38.1 Å². The molecule has 0 atom stereocenters. The number of aryl methyl sites for hydroxylation is 2. The number of pyridine rings is 1. The zero-order valence-electron chi connectivity index (χ0n) is 20.3. The van der Waals surface area contributed by atoms with E-state index < -0.39 is 10.0 Å². The molecule has 1 fully saturated rings. The highest BCUT2D eigenvalue weighted by Gasteiger charge is 2.29. The molecule has 5 rings (SSSR count). The molecule has 7 nitrogen and oxygen atoms in total. The maximum absolute atomic E-state index is 13.2. The Morgan fingerprint density at radius 1 is 0.914 bits per heavy atom. The van der Waals surface area contributed by atoms with Crippen LogP contribution in [0.4, 0.5) is 0 Å². The smallest absolute Gasteiger partial charge is 0.243 e. The van der Waals surface area contributed by atoms with E-state index in [0.717, 1.165) is 35.5 Å². The van der Waals surface area contributed by atoms with Gasteiger partial charge in [0.15, 0.2) is 5.65 Å². The lowest BCUT2D eigenvalue weighted by molar-refractivity contribution is 0.177. The molecule has 2 aromatic carbocycles. The van der Waals surface area contributed by atoms with Crippen molar-refractivity contribution < 1.29 is 8.42 Å². The summed E-state index contributed by atoms with van der Waals surface area (Å²) < 4.78 is 30.1. The van der Waals surface area contributed by atoms with Gasteiger partial charge in [-0.2, -0.15) is 4.31 Å². The highest BCUT2D eigenvalue weighted by atomic mass is 32.2. The van der Waals surface area contributed by atoms with E-state index in [-0.39, 0.29) is 0 Å². The molecule has 0 amide bonds. The van der Waals surface area contributed by atoms with Gasteiger partial charge in [-0.25, -0.2) is 18.4 Å². The van der Waals surface area contributed by atoms with Crippen LogP contribution in [0.3, 0.4) is 0 Å².